The van der Waals surface area contributed by atoms with Gasteiger partial charge in [0.1, 0.15) is 23.9 Å². The molecule has 0 bridgehead atoms. The summed E-state index contributed by atoms with van der Waals surface area (Å²) in [4.78, 5) is 61.2. The van der Waals surface area contributed by atoms with E-state index in [1.54, 1.807) is 13.8 Å². The summed E-state index contributed by atoms with van der Waals surface area (Å²) in [5.74, 6) is -5.04. The molecule has 0 aliphatic rings. The molecule has 0 aliphatic heterocycles. The number of hydrogen-bond donors (Lipinski definition) is 7. The predicted octanol–water partition coefficient (Wildman–Crippen LogP) is -0.315. The number of thioether (sulfide) groups is 1. The lowest BCUT2D eigenvalue weighted by molar-refractivity contribution is -0.144. The monoisotopic (exact) mass is 526 g/mol. The van der Waals surface area contributed by atoms with E-state index in [1.165, 1.54) is 36.0 Å². The molecule has 0 fully saturated rings. The standard InChI is InChI=1S/C23H34N4O8S/c1-12(2)19(23(34)35)27-22(33)17(11-18(29)30)26-21(32)16(10-13-4-6-14(28)7-5-13)25-20(31)15(24)8-9-36-3/h4-7,12,15-17,19,28H,8-11,24H2,1-3H3,(H,25,31)(H,26,32)(H,27,33)(H,29,30)(H,34,35). The molecule has 3 amide bonds. The van der Waals surface area contributed by atoms with Crippen molar-refractivity contribution in [2.45, 2.75) is 57.3 Å². The summed E-state index contributed by atoms with van der Waals surface area (Å²) in [5, 5.41) is 35.2. The first-order valence-corrected chi connectivity index (χ1v) is 12.6. The Bertz CT molecular complexity index is 925. The number of aromatic hydroxyl groups is 1. The molecule has 0 aliphatic carbocycles. The molecule has 0 heterocycles. The second kappa shape index (κ2) is 14.9. The minimum Gasteiger partial charge on any atom is -0.508 e. The van der Waals surface area contributed by atoms with Crippen LogP contribution in [0.5, 0.6) is 5.75 Å². The maximum atomic E-state index is 13.1. The Balaban J connectivity index is 3.13. The van der Waals surface area contributed by atoms with Crippen molar-refractivity contribution in [2.75, 3.05) is 12.0 Å². The van der Waals surface area contributed by atoms with Gasteiger partial charge in [0, 0.05) is 6.42 Å². The van der Waals surface area contributed by atoms with Crippen LogP contribution in [0, 0.1) is 5.92 Å². The molecule has 8 N–H and O–H groups in total. The number of nitrogens with one attached hydrogen (secondary N) is 3. The second-order valence-electron chi connectivity index (χ2n) is 8.55. The van der Waals surface area contributed by atoms with Crippen molar-refractivity contribution in [3.8, 4) is 5.75 Å². The highest BCUT2D eigenvalue weighted by molar-refractivity contribution is 7.98. The minimum absolute atomic E-state index is 0.000736. The van der Waals surface area contributed by atoms with Crippen molar-refractivity contribution >= 4 is 41.4 Å². The third-order valence-electron chi connectivity index (χ3n) is 5.22. The third kappa shape index (κ3) is 10.5. The van der Waals surface area contributed by atoms with Gasteiger partial charge < -0.3 is 37.0 Å². The first kappa shape index (κ1) is 30.7. The highest BCUT2D eigenvalue weighted by atomic mass is 32.2. The molecule has 36 heavy (non-hydrogen) atoms. The van der Waals surface area contributed by atoms with Crippen molar-refractivity contribution in [3.63, 3.8) is 0 Å². The lowest BCUT2D eigenvalue weighted by Gasteiger charge is -2.25. The number of benzene rings is 1. The molecule has 4 atom stereocenters. The van der Waals surface area contributed by atoms with E-state index >= 15 is 0 Å². The number of nitrogens with two attached hydrogens (primary N) is 1. The summed E-state index contributed by atoms with van der Waals surface area (Å²) in [6.07, 6.45) is 1.36. The van der Waals surface area contributed by atoms with Gasteiger partial charge in [0.15, 0.2) is 0 Å². The van der Waals surface area contributed by atoms with Crippen molar-refractivity contribution in [1.29, 1.82) is 0 Å². The molecule has 12 nitrogen and oxygen atoms in total. The van der Waals surface area contributed by atoms with Crippen molar-refractivity contribution in [2.24, 2.45) is 11.7 Å². The molecule has 0 saturated carbocycles. The van der Waals surface area contributed by atoms with Crippen molar-refractivity contribution < 1.29 is 39.3 Å². The Hall–Kier alpha value is -3.32. The molecular formula is C23H34N4O8S. The number of rotatable bonds is 15. The smallest absolute Gasteiger partial charge is 0.326 e. The van der Waals surface area contributed by atoms with Crippen LogP contribution in [-0.2, 0) is 30.4 Å². The maximum Gasteiger partial charge on any atom is 0.326 e. The van der Waals surface area contributed by atoms with Crippen LogP contribution in [0.2, 0.25) is 0 Å². The van der Waals surface area contributed by atoms with E-state index in [0.29, 0.717) is 17.7 Å². The molecule has 1 aromatic rings. The van der Waals surface area contributed by atoms with Gasteiger partial charge >= 0.3 is 11.9 Å². The highest BCUT2D eigenvalue weighted by Gasteiger charge is 2.32. The number of hydrogen-bond acceptors (Lipinski definition) is 8. The Kier molecular flexibility index (Phi) is 12.7. The average molecular weight is 527 g/mol. The fraction of sp³-hybridized carbons (Fsp3) is 0.522. The van der Waals surface area contributed by atoms with Crippen LogP contribution in [0.25, 0.3) is 0 Å². The number of phenolic OH excluding ortho intramolecular Hbond substituents is 1. The van der Waals surface area contributed by atoms with Gasteiger partial charge in [-0.2, -0.15) is 11.8 Å². The molecule has 0 radical (unpaired) electrons. The summed E-state index contributed by atoms with van der Waals surface area (Å²) >= 11 is 1.50. The summed E-state index contributed by atoms with van der Waals surface area (Å²) in [6, 6.07) is 0.852. The molecule has 0 saturated heterocycles. The first-order chi connectivity index (χ1) is 16.8. The largest absolute Gasteiger partial charge is 0.508 e. The van der Waals surface area contributed by atoms with E-state index in [1.807, 2.05) is 6.26 Å². The minimum atomic E-state index is -1.60. The van der Waals surface area contributed by atoms with Gasteiger partial charge in [-0.25, -0.2) is 4.79 Å². The molecule has 1 aromatic carbocycles. The number of carbonyl (C=O) groups excluding carboxylic acids is 3. The van der Waals surface area contributed by atoms with Gasteiger partial charge in [0.05, 0.1) is 12.5 Å². The number of carboxylic acids is 2. The van der Waals surface area contributed by atoms with Crippen LogP contribution < -0.4 is 21.7 Å². The lowest BCUT2D eigenvalue weighted by Crippen LogP contribution is -2.58. The Morgan fingerprint density at radius 3 is 1.97 bits per heavy atom. The zero-order valence-corrected chi connectivity index (χ0v) is 21.2. The van der Waals surface area contributed by atoms with Gasteiger partial charge in [0.2, 0.25) is 17.7 Å². The van der Waals surface area contributed by atoms with Crippen LogP contribution in [0.1, 0.15) is 32.3 Å². The molecule has 13 heteroatoms. The topological polar surface area (TPSA) is 208 Å². The fourth-order valence-electron chi connectivity index (χ4n) is 3.16. The van der Waals surface area contributed by atoms with E-state index in [2.05, 4.69) is 16.0 Å². The molecular weight excluding hydrogens is 492 g/mol. The maximum absolute atomic E-state index is 13.1. The van der Waals surface area contributed by atoms with E-state index in [0.717, 1.165) is 0 Å². The number of carboxylic acid groups (broad SMARTS) is 2. The SMILES string of the molecule is CSCCC(N)C(=O)NC(Cc1ccc(O)cc1)C(=O)NC(CC(=O)O)C(=O)NC(C(=O)O)C(C)C. The van der Waals surface area contributed by atoms with E-state index < -0.39 is 66.2 Å². The zero-order valence-electron chi connectivity index (χ0n) is 20.4. The summed E-state index contributed by atoms with van der Waals surface area (Å²) in [5.41, 5.74) is 6.47. The van der Waals surface area contributed by atoms with Gasteiger partial charge in [-0.3, -0.25) is 19.2 Å². The summed E-state index contributed by atoms with van der Waals surface area (Å²) in [7, 11) is 0. The fourth-order valence-corrected chi connectivity index (χ4v) is 3.64. The van der Waals surface area contributed by atoms with E-state index in [9.17, 15) is 39.3 Å². The van der Waals surface area contributed by atoms with Crippen molar-refractivity contribution in [3.05, 3.63) is 29.8 Å². The van der Waals surface area contributed by atoms with Crippen LogP contribution >= 0.6 is 11.8 Å². The molecule has 200 valence electrons. The highest BCUT2D eigenvalue weighted by Crippen LogP contribution is 2.12. The lowest BCUT2D eigenvalue weighted by atomic mass is 10.0. The molecule has 1 rings (SSSR count). The zero-order chi connectivity index (χ0) is 27.4. The number of aliphatic carboxylic acids is 2. The first-order valence-electron chi connectivity index (χ1n) is 11.2. The van der Waals surface area contributed by atoms with Crippen LogP contribution in [0.4, 0.5) is 0 Å². The number of carbonyl (C=O) groups is 5. The Labute approximate surface area is 213 Å². The van der Waals surface area contributed by atoms with Crippen LogP contribution in [-0.4, -0.2) is 81.2 Å². The van der Waals surface area contributed by atoms with Crippen LogP contribution in [0.15, 0.2) is 24.3 Å². The molecule has 4 unspecified atom stereocenters. The predicted molar refractivity (Wildman–Crippen MR) is 133 cm³/mol. The Morgan fingerprint density at radius 1 is 0.917 bits per heavy atom. The summed E-state index contributed by atoms with van der Waals surface area (Å²) in [6.45, 7) is 3.13. The quantitative estimate of drug-likeness (QED) is 0.158. The second-order valence-corrected chi connectivity index (χ2v) is 9.53. The average Bonchev–Trinajstić information content (AvgIpc) is 2.80. The van der Waals surface area contributed by atoms with E-state index in [4.69, 9.17) is 5.73 Å². The van der Waals surface area contributed by atoms with Gasteiger partial charge in [-0.05, 0) is 42.0 Å². The van der Waals surface area contributed by atoms with Crippen molar-refractivity contribution in [1.82, 2.24) is 16.0 Å². The van der Waals surface area contributed by atoms with Crippen LogP contribution in [0.3, 0.4) is 0 Å². The van der Waals surface area contributed by atoms with E-state index in [-0.39, 0.29) is 12.2 Å². The van der Waals surface area contributed by atoms with Gasteiger partial charge in [-0.15, -0.1) is 0 Å². The third-order valence-corrected chi connectivity index (χ3v) is 5.87. The number of amides is 3. The molecule has 0 aromatic heterocycles. The molecule has 0 spiro atoms. The Morgan fingerprint density at radius 2 is 1.47 bits per heavy atom. The van der Waals surface area contributed by atoms with Gasteiger partial charge in [0.25, 0.3) is 0 Å². The number of phenols is 1. The van der Waals surface area contributed by atoms with Gasteiger partial charge in [-0.1, -0.05) is 26.0 Å². The summed E-state index contributed by atoms with van der Waals surface area (Å²) < 4.78 is 0. The normalized spacial score (nSPS) is 14.2.